The highest BCUT2D eigenvalue weighted by atomic mass is 16.2. The molecule has 1 aliphatic rings. The highest BCUT2D eigenvalue weighted by Gasteiger charge is 2.22. The van der Waals surface area contributed by atoms with Crippen LogP contribution >= 0.6 is 0 Å². The highest BCUT2D eigenvalue weighted by Crippen LogP contribution is 2.33. The van der Waals surface area contributed by atoms with Crippen LogP contribution in [0.15, 0.2) is 24.3 Å². The Morgan fingerprint density at radius 1 is 1.47 bits per heavy atom. The summed E-state index contributed by atoms with van der Waals surface area (Å²) >= 11 is 0. The van der Waals surface area contributed by atoms with Crippen LogP contribution < -0.4 is 10.6 Å². The van der Waals surface area contributed by atoms with E-state index >= 15 is 0 Å². The van der Waals surface area contributed by atoms with E-state index < -0.39 is 0 Å². The van der Waals surface area contributed by atoms with Crippen molar-refractivity contribution in [2.24, 2.45) is 0 Å². The first-order valence-electron chi connectivity index (χ1n) is 6.93. The zero-order chi connectivity index (χ0) is 13.7. The molecule has 0 aliphatic carbocycles. The maximum atomic E-state index is 12.0. The van der Waals surface area contributed by atoms with Gasteiger partial charge in [0.2, 0.25) is 5.91 Å². The van der Waals surface area contributed by atoms with Crippen LogP contribution in [0.2, 0.25) is 0 Å². The number of rotatable bonds is 6. The van der Waals surface area contributed by atoms with Crippen molar-refractivity contribution < 1.29 is 4.79 Å². The van der Waals surface area contributed by atoms with Crippen LogP contribution in [0.3, 0.4) is 0 Å². The fourth-order valence-electron chi connectivity index (χ4n) is 2.51. The number of nitrogens with zero attached hydrogens (tertiary/aromatic N) is 1. The lowest BCUT2D eigenvalue weighted by Crippen LogP contribution is -2.32. The fourth-order valence-corrected chi connectivity index (χ4v) is 2.51. The Morgan fingerprint density at radius 2 is 2.26 bits per heavy atom. The molecule has 4 nitrogen and oxygen atoms in total. The standard InChI is InChI=1S/C15H23N3O/c1-16-9-10-18(2)15(19)8-7-12-11-17-14-6-4-3-5-13(12)14/h3-6,12,16-17H,7-11H2,1-2H3. The molecule has 0 bridgehead atoms. The molecule has 0 fully saturated rings. The van der Waals surface area contributed by atoms with Crippen molar-refractivity contribution >= 4 is 11.6 Å². The Labute approximate surface area is 115 Å². The number of fused-ring (bicyclic) bond motifs is 1. The molecule has 104 valence electrons. The summed E-state index contributed by atoms with van der Waals surface area (Å²) in [5.74, 6) is 0.706. The molecule has 1 aliphatic heterocycles. The minimum absolute atomic E-state index is 0.236. The molecule has 4 heteroatoms. The van der Waals surface area contributed by atoms with Gasteiger partial charge in [0.15, 0.2) is 0 Å². The second-order valence-electron chi connectivity index (χ2n) is 5.12. The molecule has 2 N–H and O–H groups in total. The van der Waals surface area contributed by atoms with Crippen LogP contribution in [-0.4, -0.2) is 44.5 Å². The number of anilines is 1. The summed E-state index contributed by atoms with van der Waals surface area (Å²) in [4.78, 5) is 13.8. The molecule has 0 spiro atoms. The molecule has 2 rings (SSSR count). The second kappa shape index (κ2) is 6.57. The zero-order valence-corrected chi connectivity index (χ0v) is 11.8. The summed E-state index contributed by atoms with van der Waals surface area (Å²) in [5.41, 5.74) is 2.58. The average Bonchev–Trinajstić information content (AvgIpc) is 2.85. The third-order valence-corrected chi connectivity index (χ3v) is 3.77. The molecular weight excluding hydrogens is 238 g/mol. The van der Waals surface area contributed by atoms with Crippen molar-refractivity contribution in [2.75, 3.05) is 39.0 Å². The summed E-state index contributed by atoms with van der Waals surface area (Å²) in [6, 6.07) is 8.38. The number of hydrogen-bond acceptors (Lipinski definition) is 3. The molecule has 0 aromatic heterocycles. The Balaban J connectivity index is 1.82. The van der Waals surface area contributed by atoms with Crippen molar-refractivity contribution in [3.05, 3.63) is 29.8 Å². The van der Waals surface area contributed by atoms with Gasteiger partial charge in [-0.15, -0.1) is 0 Å². The SMILES string of the molecule is CNCCN(C)C(=O)CCC1CNc2ccccc21. The van der Waals surface area contributed by atoms with E-state index in [9.17, 15) is 4.79 Å². The second-order valence-corrected chi connectivity index (χ2v) is 5.12. The van der Waals surface area contributed by atoms with Crippen LogP contribution in [0.5, 0.6) is 0 Å². The monoisotopic (exact) mass is 261 g/mol. The van der Waals surface area contributed by atoms with E-state index in [0.29, 0.717) is 12.3 Å². The Morgan fingerprint density at radius 3 is 3.05 bits per heavy atom. The van der Waals surface area contributed by atoms with Gasteiger partial charge in [-0.2, -0.15) is 0 Å². The van der Waals surface area contributed by atoms with Crippen LogP contribution in [0.1, 0.15) is 24.3 Å². The Bertz CT molecular complexity index is 433. The number of nitrogens with one attached hydrogen (secondary N) is 2. The predicted octanol–water partition coefficient (Wildman–Crippen LogP) is 1.65. The molecule has 0 radical (unpaired) electrons. The predicted molar refractivity (Wildman–Crippen MR) is 78.5 cm³/mol. The Kier molecular flexibility index (Phi) is 4.80. The summed E-state index contributed by atoms with van der Waals surface area (Å²) in [5, 5.41) is 6.46. The van der Waals surface area contributed by atoms with Crippen LogP contribution in [-0.2, 0) is 4.79 Å². The van der Waals surface area contributed by atoms with E-state index in [-0.39, 0.29) is 5.91 Å². The molecule has 0 saturated carbocycles. The van der Waals surface area contributed by atoms with E-state index in [1.54, 1.807) is 0 Å². The van der Waals surface area contributed by atoms with Crippen LogP contribution in [0, 0.1) is 0 Å². The first-order valence-corrected chi connectivity index (χ1v) is 6.93. The van der Waals surface area contributed by atoms with E-state index in [4.69, 9.17) is 0 Å². The quantitative estimate of drug-likeness (QED) is 0.818. The maximum absolute atomic E-state index is 12.0. The molecule has 1 aromatic carbocycles. The molecule has 0 saturated heterocycles. The van der Waals surface area contributed by atoms with Gasteiger partial charge in [-0.1, -0.05) is 18.2 Å². The topological polar surface area (TPSA) is 44.4 Å². The van der Waals surface area contributed by atoms with Crippen molar-refractivity contribution in [1.29, 1.82) is 0 Å². The van der Waals surface area contributed by atoms with E-state index in [2.05, 4.69) is 28.8 Å². The third-order valence-electron chi connectivity index (χ3n) is 3.77. The van der Waals surface area contributed by atoms with Crippen LogP contribution in [0.4, 0.5) is 5.69 Å². The highest BCUT2D eigenvalue weighted by molar-refractivity contribution is 5.76. The zero-order valence-electron chi connectivity index (χ0n) is 11.8. The first-order chi connectivity index (χ1) is 9.22. The van der Waals surface area contributed by atoms with Gasteiger partial charge < -0.3 is 15.5 Å². The minimum atomic E-state index is 0.236. The number of para-hydroxylation sites is 1. The van der Waals surface area contributed by atoms with Gasteiger partial charge in [0.05, 0.1) is 0 Å². The first kappa shape index (κ1) is 13.9. The molecule has 1 atom stereocenters. The minimum Gasteiger partial charge on any atom is -0.384 e. The maximum Gasteiger partial charge on any atom is 0.222 e. The van der Waals surface area contributed by atoms with Crippen molar-refractivity contribution in [2.45, 2.75) is 18.8 Å². The summed E-state index contributed by atoms with van der Waals surface area (Å²) in [6.45, 7) is 2.57. The molecule has 19 heavy (non-hydrogen) atoms. The number of amides is 1. The molecular formula is C15H23N3O. The normalized spacial score (nSPS) is 16.8. The third kappa shape index (κ3) is 3.47. The van der Waals surface area contributed by atoms with Gasteiger partial charge in [0.1, 0.15) is 0 Å². The largest absolute Gasteiger partial charge is 0.384 e. The van der Waals surface area contributed by atoms with Gasteiger partial charge in [-0.05, 0) is 25.1 Å². The molecule has 1 heterocycles. The molecule has 1 aromatic rings. The number of benzene rings is 1. The van der Waals surface area contributed by atoms with E-state index in [1.807, 2.05) is 25.1 Å². The van der Waals surface area contributed by atoms with Gasteiger partial charge in [0, 0.05) is 44.7 Å². The average molecular weight is 261 g/mol. The van der Waals surface area contributed by atoms with Crippen LogP contribution in [0.25, 0.3) is 0 Å². The smallest absolute Gasteiger partial charge is 0.222 e. The van der Waals surface area contributed by atoms with Gasteiger partial charge in [-0.25, -0.2) is 0 Å². The Hall–Kier alpha value is -1.55. The summed E-state index contributed by atoms with van der Waals surface area (Å²) in [7, 11) is 3.78. The number of carbonyl (C=O) groups is 1. The summed E-state index contributed by atoms with van der Waals surface area (Å²) < 4.78 is 0. The van der Waals surface area contributed by atoms with E-state index in [0.717, 1.165) is 26.1 Å². The number of carbonyl (C=O) groups excluding carboxylic acids is 1. The van der Waals surface area contributed by atoms with Crippen molar-refractivity contribution in [1.82, 2.24) is 10.2 Å². The van der Waals surface area contributed by atoms with Gasteiger partial charge in [0.25, 0.3) is 0 Å². The lowest BCUT2D eigenvalue weighted by molar-refractivity contribution is -0.130. The molecule has 1 amide bonds. The van der Waals surface area contributed by atoms with Crippen molar-refractivity contribution in [3.63, 3.8) is 0 Å². The van der Waals surface area contributed by atoms with Gasteiger partial charge >= 0.3 is 0 Å². The number of hydrogen-bond donors (Lipinski definition) is 2. The summed E-state index contributed by atoms with van der Waals surface area (Å²) in [6.07, 6.45) is 1.55. The van der Waals surface area contributed by atoms with E-state index in [1.165, 1.54) is 11.3 Å². The number of likely N-dealkylation sites (N-methyl/N-ethyl adjacent to an activating group) is 2. The molecule has 1 unspecified atom stereocenters. The fraction of sp³-hybridized carbons (Fsp3) is 0.533. The van der Waals surface area contributed by atoms with Crippen molar-refractivity contribution in [3.8, 4) is 0 Å². The lowest BCUT2D eigenvalue weighted by Gasteiger charge is -2.18. The van der Waals surface area contributed by atoms with Gasteiger partial charge in [-0.3, -0.25) is 4.79 Å². The lowest BCUT2D eigenvalue weighted by atomic mass is 9.96.